The molecule has 5 heteroatoms. The van der Waals surface area contributed by atoms with Gasteiger partial charge in [-0.2, -0.15) is 0 Å². The maximum atomic E-state index is 11.7. The molecule has 2 N–H and O–H groups in total. The maximum Gasteiger partial charge on any atom is 0.275 e. The number of nitrogens with one attached hydrogen (secondary N) is 2. The summed E-state index contributed by atoms with van der Waals surface area (Å²) >= 11 is 0. The van der Waals surface area contributed by atoms with E-state index < -0.39 is 0 Å². The third-order valence-corrected chi connectivity index (χ3v) is 4.68. The Hall–Kier alpha value is -2.40. The fourth-order valence-electron chi connectivity index (χ4n) is 3.54. The number of likely N-dealkylation sites (tertiary alicyclic amines) is 1. The highest BCUT2D eigenvalue weighted by Gasteiger charge is 2.23. The highest BCUT2D eigenvalue weighted by molar-refractivity contribution is 5.77. The Labute approximate surface area is 134 Å². The van der Waals surface area contributed by atoms with Gasteiger partial charge in [0.15, 0.2) is 0 Å². The van der Waals surface area contributed by atoms with Gasteiger partial charge in [-0.05, 0) is 30.9 Å². The summed E-state index contributed by atoms with van der Waals surface area (Å²) in [6, 6.07) is 10.7. The number of H-pyrrole nitrogens is 2. The lowest BCUT2D eigenvalue weighted by atomic mass is 9.99. The van der Waals surface area contributed by atoms with Gasteiger partial charge in [-0.3, -0.25) is 9.69 Å². The fraction of sp³-hybridized carbons (Fsp3) is 0.333. The molecule has 1 aliphatic rings. The van der Waals surface area contributed by atoms with Gasteiger partial charge in [-0.1, -0.05) is 30.3 Å². The molecule has 1 saturated heterocycles. The largest absolute Gasteiger partial charge is 0.355 e. The quantitative estimate of drug-likeness (QED) is 0.777. The van der Waals surface area contributed by atoms with Gasteiger partial charge in [0.25, 0.3) is 5.56 Å². The zero-order chi connectivity index (χ0) is 15.6. The van der Waals surface area contributed by atoms with E-state index in [0.717, 1.165) is 37.1 Å². The summed E-state index contributed by atoms with van der Waals surface area (Å²) < 4.78 is 0. The number of aromatic nitrogens is 3. The van der Waals surface area contributed by atoms with Crippen LogP contribution in [0.25, 0.3) is 11.0 Å². The normalized spacial score (nSPS) is 18.7. The Bertz CT molecular complexity index is 852. The van der Waals surface area contributed by atoms with Crippen LogP contribution in [0.5, 0.6) is 0 Å². The minimum absolute atomic E-state index is 0.107. The van der Waals surface area contributed by atoms with Crippen LogP contribution in [-0.2, 0) is 13.0 Å². The number of hydrogen-bond acceptors (Lipinski definition) is 3. The van der Waals surface area contributed by atoms with Gasteiger partial charge in [0.1, 0.15) is 5.52 Å². The van der Waals surface area contributed by atoms with Crippen LogP contribution in [0.2, 0.25) is 0 Å². The Kier molecular flexibility index (Phi) is 3.71. The van der Waals surface area contributed by atoms with E-state index >= 15 is 0 Å². The van der Waals surface area contributed by atoms with Gasteiger partial charge >= 0.3 is 0 Å². The highest BCUT2D eigenvalue weighted by Crippen LogP contribution is 2.23. The van der Waals surface area contributed by atoms with Crippen molar-refractivity contribution in [2.75, 3.05) is 13.1 Å². The topological polar surface area (TPSA) is 64.8 Å². The summed E-state index contributed by atoms with van der Waals surface area (Å²) in [6.45, 7) is 3.06. The molecule has 0 bridgehead atoms. The second kappa shape index (κ2) is 6.01. The van der Waals surface area contributed by atoms with Crippen LogP contribution in [0.4, 0.5) is 0 Å². The highest BCUT2D eigenvalue weighted by atomic mass is 16.1. The summed E-state index contributed by atoms with van der Waals surface area (Å²) in [4.78, 5) is 24.2. The molecule has 3 aromatic rings. The Morgan fingerprint density at radius 3 is 2.96 bits per heavy atom. The molecule has 1 aliphatic heterocycles. The van der Waals surface area contributed by atoms with Crippen LogP contribution in [0.15, 0.2) is 47.7 Å². The molecule has 118 valence electrons. The third-order valence-electron chi connectivity index (χ3n) is 4.68. The lowest BCUT2D eigenvalue weighted by Crippen LogP contribution is -2.20. The van der Waals surface area contributed by atoms with E-state index in [9.17, 15) is 4.79 Å². The lowest BCUT2D eigenvalue weighted by molar-refractivity contribution is 0.317. The standard InChI is InChI=1S/C18H20N4O/c23-18-17-16(20-12-21-18)15(9-19-17)11-22-7-6-14(10-22)8-13-4-2-1-3-5-13/h1-5,9,12,14,19H,6-8,10-11H2,(H,20,21,23)/t14-/m0/s1. The first-order valence-corrected chi connectivity index (χ1v) is 8.09. The van der Waals surface area contributed by atoms with Crippen molar-refractivity contribution in [1.29, 1.82) is 0 Å². The predicted molar refractivity (Wildman–Crippen MR) is 90.2 cm³/mol. The minimum Gasteiger partial charge on any atom is -0.355 e. The lowest BCUT2D eigenvalue weighted by Gasteiger charge is -2.15. The van der Waals surface area contributed by atoms with E-state index in [1.165, 1.54) is 18.3 Å². The number of rotatable bonds is 4. The van der Waals surface area contributed by atoms with Crippen molar-refractivity contribution in [3.05, 3.63) is 64.3 Å². The summed E-state index contributed by atoms with van der Waals surface area (Å²) in [6.07, 6.45) is 5.76. The smallest absolute Gasteiger partial charge is 0.275 e. The van der Waals surface area contributed by atoms with E-state index in [-0.39, 0.29) is 5.56 Å². The van der Waals surface area contributed by atoms with Crippen molar-refractivity contribution >= 4 is 11.0 Å². The van der Waals surface area contributed by atoms with Gasteiger partial charge in [0.05, 0.1) is 11.8 Å². The van der Waals surface area contributed by atoms with Crippen molar-refractivity contribution in [1.82, 2.24) is 19.9 Å². The van der Waals surface area contributed by atoms with E-state index in [1.807, 2.05) is 6.20 Å². The number of aromatic amines is 2. The predicted octanol–water partition coefficient (Wildman–Crippen LogP) is 2.32. The van der Waals surface area contributed by atoms with Crippen LogP contribution < -0.4 is 5.56 Å². The summed E-state index contributed by atoms with van der Waals surface area (Å²) in [5.41, 5.74) is 3.78. The van der Waals surface area contributed by atoms with E-state index in [1.54, 1.807) is 0 Å². The number of nitrogens with zero attached hydrogens (tertiary/aromatic N) is 2. The molecule has 0 saturated carbocycles. The van der Waals surface area contributed by atoms with Crippen LogP contribution >= 0.6 is 0 Å². The first kappa shape index (κ1) is 14.2. The molecule has 0 spiro atoms. The van der Waals surface area contributed by atoms with E-state index in [4.69, 9.17) is 0 Å². The van der Waals surface area contributed by atoms with Crippen molar-refractivity contribution in [3.63, 3.8) is 0 Å². The second-order valence-electron chi connectivity index (χ2n) is 6.35. The summed E-state index contributed by atoms with van der Waals surface area (Å²) in [5.74, 6) is 0.707. The number of hydrogen-bond donors (Lipinski definition) is 2. The van der Waals surface area contributed by atoms with Crippen LogP contribution in [0.3, 0.4) is 0 Å². The molecule has 0 aliphatic carbocycles. The molecule has 5 nitrogen and oxygen atoms in total. The average Bonchev–Trinajstić information content (AvgIpc) is 3.17. The summed E-state index contributed by atoms with van der Waals surface area (Å²) in [5, 5.41) is 0. The van der Waals surface area contributed by atoms with Crippen LogP contribution in [0.1, 0.15) is 17.5 Å². The zero-order valence-electron chi connectivity index (χ0n) is 13.0. The SMILES string of the molecule is O=c1[nH]cnc2c(CN3CC[C@@H](Cc4ccccc4)C3)c[nH]c12. The van der Waals surface area contributed by atoms with Crippen molar-refractivity contribution in [2.45, 2.75) is 19.4 Å². The minimum atomic E-state index is -0.107. The molecule has 1 fully saturated rings. The molecular formula is C18H20N4O. The van der Waals surface area contributed by atoms with Gasteiger partial charge in [0, 0.05) is 24.8 Å². The molecule has 1 aromatic carbocycles. The molecule has 2 aromatic heterocycles. The van der Waals surface area contributed by atoms with Crippen molar-refractivity contribution < 1.29 is 0 Å². The molecule has 0 radical (unpaired) electrons. The van der Waals surface area contributed by atoms with Gasteiger partial charge in [-0.25, -0.2) is 4.98 Å². The van der Waals surface area contributed by atoms with E-state index in [0.29, 0.717) is 11.4 Å². The maximum absolute atomic E-state index is 11.7. The Balaban J connectivity index is 1.44. The fourth-order valence-corrected chi connectivity index (χ4v) is 3.54. The zero-order valence-corrected chi connectivity index (χ0v) is 13.0. The number of benzene rings is 1. The molecule has 1 atom stereocenters. The third kappa shape index (κ3) is 2.92. The Morgan fingerprint density at radius 2 is 2.09 bits per heavy atom. The van der Waals surface area contributed by atoms with Crippen LogP contribution in [-0.4, -0.2) is 32.9 Å². The monoisotopic (exact) mass is 308 g/mol. The van der Waals surface area contributed by atoms with Crippen molar-refractivity contribution in [2.24, 2.45) is 5.92 Å². The van der Waals surface area contributed by atoms with Gasteiger partial charge < -0.3 is 9.97 Å². The number of fused-ring (bicyclic) bond motifs is 1. The van der Waals surface area contributed by atoms with Crippen molar-refractivity contribution in [3.8, 4) is 0 Å². The van der Waals surface area contributed by atoms with Gasteiger partial charge in [0.2, 0.25) is 0 Å². The van der Waals surface area contributed by atoms with Gasteiger partial charge in [-0.15, -0.1) is 0 Å². The second-order valence-corrected chi connectivity index (χ2v) is 6.35. The first-order valence-electron chi connectivity index (χ1n) is 8.09. The van der Waals surface area contributed by atoms with Crippen LogP contribution in [0, 0.1) is 5.92 Å². The molecule has 0 unspecified atom stereocenters. The van der Waals surface area contributed by atoms with E-state index in [2.05, 4.69) is 50.2 Å². The first-order chi connectivity index (χ1) is 11.3. The molecule has 3 heterocycles. The molecule has 4 rings (SSSR count). The summed E-state index contributed by atoms with van der Waals surface area (Å²) in [7, 11) is 0. The molecular weight excluding hydrogens is 288 g/mol. The average molecular weight is 308 g/mol. The molecule has 0 amide bonds. The molecule has 23 heavy (non-hydrogen) atoms. The Morgan fingerprint density at radius 1 is 1.22 bits per heavy atom.